The van der Waals surface area contributed by atoms with Crippen molar-refractivity contribution >= 4 is 5.91 Å². The van der Waals surface area contributed by atoms with Gasteiger partial charge < -0.3 is 24.3 Å². The third-order valence-electron chi connectivity index (χ3n) is 6.89. The average molecular weight is 427 g/mol. The number of carbonyl (C=O) groups excluding carboxylic acids is 1. The molecule has 3 aliphatic rings. The molecular formula is C22H30N6O3. The van der Waals surface area contributed by atoms with Gasteiger partial charge in [-0.1, -0.05) is 0 Å². The van der Waals surface area contributed by atoms with E-state index in [2.05, 4.69) is 25.2 Å². The van der Waals surface area contributed by atoms with Crippen LogP contribution in [0.5, 0.6) is 5.88 Å². The number of fused-ring (bicyclic) bond motifs is 2. The fourth-order valence-corrected chi connectivity index (χ4v) is 4.83. The summed E-state index contributed by atoms with van der Waals surface area (Å²) < 4.78 is 13.3. The van der Waals surface area contributed by atoms with Crippen molar-refractivity contribution in [3.8, 4) is 17.4 Å². The summed E-state index contributed by atoms with van der Waals surface area (Å²) in [6.45, 7) is 6.14. The van der Waals surface area contributed by atoms with Gasteiger partial charge in [0.25, 0.3) is 5.91 Å². The van der Waals surface area contributed by atoms with Gasteiger partial charge >= 0.3 is 0 Å². The van der Waals surface area contributed by atoms with Crippen molar-refractivity contribution in [2.24, 2.45) is 18.4 Å². The van der Waals surface area contributed by atoms with Crippen molar-refractivity contribution in [2.75, 3.05) is 46.0 Å². The summed E-state index contributed by atoms with van der Waals surface area (Å²) in [7, 11) is 1.88. The van der Waals surface area contributed by atoms with Gasteiger partial charge in [-0.15, -0.1) is 0 Å². The minimum atomic E-state index is -0.179. The molecule has 166 valence electrons. The Morgan fingerprint density at radius 3 is 2.77 bits per heavy atom. The van der Waals surface area contributed by atoms with E-state index in [0.29, 0.717) is 36.5 Å². The molecule has 0 radical (unpaired) electrons. The van der Waals surface area contributed by atoms with Crippen LogP contribution in [0.4, 0.5) is 0 Å². The van der Waals surface area contributed by atoms with E-state index in [0.717, 1.165) is 64.2 Å². The zero-order valence-corrected chi connectivity index (χ0v) is 18.0. The Bertz CT molecular complexity index is 931. The van der Waals surface area contributed by atoms with Crippen molar-refractivity contribution in [3.63, 3.8) is 0 Å². The number of nitrogens with zero attached hydrogens (tertiary/aromatic N) is 5. The first-order valence-electron chi connectivity index (χ1n) is 11.2. The number of hydrogen-bond donors (Lipinski definition) is 1. The van der Waals surface area contributed by atoms with E-state index in [1.165, 1.54) is 0 Å². The van der Waals surface area contributed by atoms with Gasteiger partial charge in [0.15, 0.2) is 5.82 Å². The molecule has 9 heteroatoms. The van der Waals surface area contributed by atoms with Crippen LogP contribution in [0.15, 0.2) is 18.6 Å². The van der Waals surface area contributed by atoms with Gasteiger partial charge in [-0.2, -0.15) is 4.98 Å². The van der Waals surface area contributed by atoms with Crippen molar-refractivity contribution in [1.82, 2.24) is 29.7 Å². The SMILES string of the molecule is Cn1cncc1-c1nc(OCC2CCOCC2)cc(C(=O)NCC23CCN(CC2)C3)n1. The number of ether oxygens (including phenoxy) is 2. The molecule has 9 nitrogen and oxygen atoms in total. The van der Waals surface area contributed by atoms with Crippen LogP contribution in [0.2, 0.25) is 0 Å². The van der Waals surface area contributed by atoms with E-state index < -0.39 is 0 Å². The van der Waals surface area contributed by atoms with Gasteiger partial charge in [-0.25, -0.2) is 9.97 Å². The maximum Gasteiger partial charge on any atom is 0.270 e. The summed E-state index contributed by atoms with van der Waals surface area (Å²) in [5.74, 6) is 1.13. The van der Waals surface area contributed by atoms with Gasteiger partial charge in [0.05, 0.1) is 19.1 Å². The highest BCUT2D eigenvalue weighted by Gasteiger charge is 2.43. The van der Waals surface area contributed by atoms with Gasteiger partial charge in [-0.3, -0.25) is 4.79 Å². The first-order valence-corrected chi connectivity index (χ1v) is 11.2. The monoisotopic (exact) mass is 426 g/mol. The molecule has 5 rings (SSSR count). The number of carbonyl (C=O) groups is 1. The van der Waals surface area contributed by atoms with Crippen LogP contribution in [0.1, 0.15) is 36.2 Å². The minimum absolute atomic E-state index is 0.179. The van der Waals surface area contributed by atoms with Crippen LogP contribution in [0.25, 0.3) is 11.5 Å². The van der Waals surface area contributed by atoms with Crippen molar-refractivity contribution in [3.05, 3.63) is 24.3 Å². The first-order chi connectivity index (χ1) is 15.1. The van der Waals surface area contributed by atoms with Gasteiger partial charge in [-0.05, 0) is 44.7 Å². The van der Waals surface area contributed by atoms with E-state index in [4.69, 9.17) is 9.47 Å². The molecule has 0 spiro atoms. The lowest BCUT2D eigenvalue weighted by Crippen LogP contribution is -2.37. The van der Waals surface area contributed by atoms with E-state index in [-0.39, 0.29) is 11.3 Å². The summed E-state index contributed by atoms with van der Waals surface area (Å²) in [5.41, 5.74) is 1.29. The number of piperidine rings is 1. The minimum Gasteiger partial charge on any atom is -0.477 e. The molecule has 0 aliphatic carbocycles. The number of aryl methyl sites for hydroxylation is 1. The van der Waals surface area contributed by atoms with Crippen LogP contribution >= 0.6 is 0 Å². The molecule has 0 aromatic carbocycles. The molecule has 5 heterocycles. The fraction of sp³-hybridized carbons (Fsp3) is 0.636. The zero-order valence-electron chi connectivity index (χ0n) is 18.0. The highest BCUT2D eigenvalue weighted by atomic mass is 16.5. The normalized spacial score (nSPS) is 25.6. The van der Waals surface area contributed by atoms with Crippen LogP contribution < -0.4 is 10.1 Å². The molecule has 2 bridgehead atoms. The molecule has 3 saturated heterocycles. The lowest BCUT2D eigenvalue weighted by molar-refractivity contribution is 0.0490. The maximum atomic E-state index is 13.0. The molecule has 1 amide bonds. The summed E-state index contributed by atoms with van der Waals surface area (Å²) >= 11 is 0. The summed E-state index contributed by atoms with van der Waals surface area (Å²) in [5, 5.41) is 3.13. The van der Waals surface area contributed by atoms with E-state index >= 15 is 0 Å². The third-order valence-corrected chi connectivity index (χ3v) is 6.89. The Kier molecular flexibility index (Phi) is 5.62. The van der Waals surface area contributed by atoms with Gasteiger partial charge in [0.1, 0.15) is 11.4 Å². The van der Waals surface area contributed by atoms with E-state index in [1.807, 2.05) is 11.6 Å². The van der Waals surface area contributed by atoms with Crippen LogP contribution in [0, 0.1) is 11.3 Å². The molecule has 0 atom stereocenters. The molecule has 2 aromatic rings. The fourth-order valence-electron chi connectivity index (χ4n) is 4.83. The Labute approximate surface area is 182 Å². The highest BCUT2D eigenvalue weighted by Crippen LogP contribution is 2.39. The van der Waals surface area contributed by atoms with Crippen molar-refractivity contribution in [1.29, 1.82) is 0 Å². The lowest BCUT2D eigenvalue weighted by Gasteiger charge is -2.25. The molecule has 31 heavy (non-hydrogen) atoms. The average Bonchev–Trinajstić information content (AvgIpc) is 3.53. The summed E-state index contributed by atoms with van der Waals surface area (Å²) in [6, 6.07) is 1.65. The first kappa shape index (κ1) is 20.4. The number of hydrogen-bond acceptors (Lipinski definition) is 7. The molecule has 3 aliphatic heterocycles. The summed E-state index contributed by atoms with van der Waals surface area (Å²) in [6.07, 6.45) is 7.65. The van der Waals surface area contributed by atoms with Crippen molar-refractivity contribution < 1.29 is 14.3 Å². The Hall–Kier alpha value is -2.52. The Morgan fingerprint density at radius 1 is 1.29 bits per heavy atom. The van der Waals surface area contributed by atoms with Crippen molar-refractivity contribution in [2.45, 2.75) is 25.7 Å². The largest absolute Gasteiger partial charge is 0.477 e. The molecule has 1 N–H and O–H groups in total. The molecule has 2 aromatic heterocycles. The Morgan fingerprint density at radius 2 is 2.10 bits per heavy atom. The molecule has 0 unspecified atom stereocenters. The molecular weight excluding hydrogens is 396 g/mol. The smallest absolute Gasteiger partial charge is 0.270 e. The van der Waals surface area contributed by atoms with Crippen LogP contribution in [-0.2, 0) is 11.8 Å². The lowest BCUT2D eigenvalue weighted by atomic mass is 9.84. The third kappa shape index (κ3) is 4.43. The number of aromatic nitrogens is 4. The molecule has 0 saturated carbocycles. The van der Waals surface area contributed by atoms with Gasteiger partial charge in [0.2, 0.25) is 5.88 Å². The maximum absolute atomic E-state index is 13.0. The number of rotatable bonds is 7. The van der Waals surface area contributed by atoms with E-state index in [1.54, 1.807) is 18.6 Å². The standard InChI is InChI=1S/C22H30N6O3/c1-27-15-23-11-18(27)20-25-17(10-19(26-20)31-12-16-2-8-30-9-3-16)21(29)24-13-22-4-6-28(14-22)7-5-22/h10-11,15-16H,2-9,12-14H2,1H3,(H,24,29). The molecule has 3 fully saturated rings. The predicted octanol–water partition coefficient (Wildman–Crippen LogP) is 1.51. The Balaban J connectivity index is 1.33. The number of amides is 1. The quantitative estimate of drug-likeness (QED) is 0.717. The number of nitrogens with one attached hydrogen (secondary N) is 1. The second-order valence-corrected chi connectivity index (χ2v) is 9.13. The second-order valence-electron chi connectivity index (χ2n) is 9.13. The number of imidazole rings is 1. The summed E-state index contributed by atoms with van der Waals surface area (Å²) in [4.78, 5) is 28.8. The van der Waals surface area contributed by atoms with Crippen LogP contribution in [0.3, 0.4) is 0 Å². The zero-order chi connectivity index (χ0) is 21.3. The van der Waals surface area contributed by atoms with E-state index in [9.17, 15) is 4.79 Å². The second kappa shape index (κ2) is 8.55. The van der Waals surface area contributed by atoms with Crippen LogP contribution in [-0.4, -0.2) is 76.3 Å². The topological polar surface area (TPSA) is 94.4 Å². The van der Waals surface area contributed by atoms with Gasteiger partial charge in [0, 0.05) is 44.8 Å². The predicted molar refractivity (Wildman–Crippen MR) is 114 cm³/mol. The highest BCUT2D eigenvalue weighted by molar-refractivity contribution is 5.93.